The minimum Gasteiger partial charge on any atom is -0.494 e. The van der Waals surface area contributed by atoms with Crippen molar-refractivity contribution in [3.05, 3.63) is 24.0 Å². The molecule has 0 unspecified atom stereocenters. The molecule has 0 radical (unpaired) electrons. The van der Waals surface area contributed by atoms with E-state index in [0.717, 1.165) is 17.9 Å². The molecule has 1 N–H and O–H groups in total. The molecule has 1 atom stereocenters. The van der Waals surface area contributed by atoms with E-state index in [4.69, 9.17) is 14.2 Å². The summed E-state index contributed by atoms with van der Waals surface area (Å²) >= 11 is 0. The quantitative estimate of drug-likeness (QED) is 0.820. The van der Waals surface area contributed by atoms with Crippen LogP contribution in [0.1, 0.15) is 38.9 Å². The van der Waals surface area contributed by atoms with E-state index in [2.05, 4.69) is 15.5 Å². The first-order valence-electron chi connectivity index (χ1n) is 9.61. The van der Waals surface area contributed by atoms with Gasteiger partial charge in [-0.2, -0.15) is 0 Å². The van der Waals surface area contributed by atoms with Gasteiger partial charge in [-0.25, -0.2) is 4.79 Å². The molecule has 1 saturated heterocycles. The summed E-state index contributed by atoms with van der Waals surface area (Å²) in [6.45, 7) is 6.70. The highest BCUT2D eigenvalue weighted by Gasteiger charge is 2.35. The Labute approximate surface area is 171 Å². The van der Waals surface area contributed by atoms with Crippen LogP contribution in [0, 0.1) is 0 Å². The number of rotatable bonds is 5. The molecule has 2 aromatic rings. The molecule has 0 aliphatic carbocycles. The molecule has 0 spiro atoms. The second-order valence-electron chi connectivity index (χ2n) is 7.89. The molecule has 0 saturated carbocycles. The zero-order valence-electron chi connectivity index (χ0n) is 17.9. The predicted molar refractivity (Wildman–Crippen MR) is 109 cm³/mol. The molecule has 1 aliphatic rings. The first kappa shape index (κ1) is 20.8. The number of amides is 1. The van der Waals surface area contributed by atoms with Crippen molar-refractivity contribution < 1.29 is 19.0 Å². The molecule has 0 bridgehead atoms. The molecule has 29 heavy (non-hydrogen) atoms. The van der Waals surface area contributed by atoms with Crippen molar-refractivity contribution in [2.24, 2.45) is 0 Å². The Morgan fingerprint density at radius 1 is 1.17 bits per heavy atom. The van der Waals surface area contributed by atoms with Gasteiger partial charge in [0.05, 0.1) is 14.2 Å². The summed E-state index contributed by atoms with van der Waals surface area (Å²) in [6.07, 6.45) is 0.452. The highest BCUT2D eigenvalue weighted by atomic mass is 16.6. The third-order valence-electron chi connectivity index (χ3n) is 4.74. The number of hydrogen-bond donors (Lipinski definition) is 1. The number of nitrogens with zero attached hydrogens (tertiary/aromatic N) is 4. The van der Waals surface area contributed by atoms with Gasteiger partial charge in [-0.15, -0.1) is 10.2 Å². The van der Waals surface area contributed by atoms with Gasteiger partial charge in [0.15, 0.2) is 0 Å². The van der Waals surface area contributed by atoms with Crippen LogP contribution in [0.15, 0.2) is 18.2 Å². The number of benzene rings is 1. The molecule has 158 valence electrons. The van der Waals surface area contributed by atoms with Crippen LogP contribution in [0.4, 0.5) is 10.7 Å². The first-order chi connectivity index (χ1) is 13.8. The zero-order chi connectivity index (χ0) is 21.2. The largest absolute Gasteiger partial charge is 0.494 e. The number of methoxy groups -OCH3 is 2. The highest BCUT2D eigenvalue weighted by molar-refractivity contribution is 5.68. The van der Waals surface area contributed by atoms with E-state index in [-0.39, 0.29) is 12.0 Å². The second-order valence-corrected chi connectivity index (χ2v) is 7.89. The lowest BCUT2D eigenvalue weighted by Gasteiger charge is -2.24. The van der Waals surface area contributed by atoms with Gasteiger partial charge in [0.2, 0.25) is 5.95 Å². The van der Waals surface area contributed by atoms with E-state index in [1.807, 2.05) is 43.5 Å². The van der Waals surface area contributed by atoms with Gasteiger partial charge >= 0.3 is 6.09 Å². The number of carbonyl (C=O) groups excluding carboxylic acids is 1. The Morgan fingerprint density at radius 2 is 1.83 bits per heavy atom. The molecule has 1 amide bonds. The summed E-state index contributed by atoms with van der Waals surface area (Å²) in [5.41, 5.74) is 0.191. The third-order valence-corrected chi connectivity index (χ3v) is 4.74. The lowest BCUT2D eigenvalue weighted by atomic mass is 10.1. The predicted octanol–water partition coefficient (Wildman–Crippen LogP) is 3.05. The van der Waals surface area contributed by atoms with Crippen LogP contribution in [0.5, 0.6) is 11.5 Å². The van der Waals surface area contributed by atoms with Gasteiger partial charge in [0.1, 0.15) is 28.6 Å². The van der Waals surface area contributed by atoms with Crippen LogP contribution in [-0.4, -0.2) is 65.7 Å². The fourth-order valence-electron chi connectivity index (χ4n) is 3.46. The van der Waals surface area contributed by atoms with E-state index in [9.17, 15) is 4.79 Å². The van der Waals surface area contributed by atoms with E-state index in [0.29, 0.717) is 30.5 Å². The topological polar surface area (TPSA) is 90.7 Å². The smallest absolute Gasteiger partial charge is 0.410 e. The van der Waals surface area contributed by atoms with E-state index in [1.165, 1.54) is 0 Å². The van der Waals surface area contributed by atoms with E-state index in [1.54, 1.807) is 26.2 Å². The van der Waals surface area contributed by atoms with Crippen molar-refractivity contribution in [2.45, 2.75) is 38.7 Å². The molecular formula is C20H29N5O4. The SMILES string of the molecule is CNc1nnc([C@@H]2CCN(C(=O)OC(C)(C)C)C2)n1-c1c(OC)cccc1OC. The Morgan fingerprint density at radius 3 is 2.38 bits per heavy atom. The van der Waals surface area contributed by atoms with Crippen molar-refractivity contribution >= 4 is 12.0 Å². The van der Waals surface area contributed by atoms with Crippen LogP contribution in [-0.2, 0) is 4.74 Å². The summed E-state index contributed by atoms with van der Waals surface area (Å²) in [4.78, 5) is 14.2. The Balaban J connectivity index is 1.97. The summed E-state index contributed by atoms with van der Waals surface area (Å²) in [6, 6.07) is 5.59. The Kier molecular flexibility index (Phi) is 5.86. The van der Waals surface area contributed by atoms with Gasteiger partial charge in [-0.3, -0.25) is 4.57 Å². The zero-order valence-corrected chi connectivity index (χ0v) is 17.9. The van der Waals surface area contributed by atoms with E-state index < -0.39 is 5.60 Å². The number of aromatic nitrogens is 3. The Bertz CT molecular complexity index is 852. The van der Waals surface area contributed by atoms with Gasteiger partial charge in [0.25, 0.3) is 0 Å². The number of hydrogen-bond acceptors (Lipinski definition) is 7. The maximum Gasteiger partial charge on any atom is 0.410 e. The van der Waals surface area contributed by atoms with Gasteiger partial charge < -0.3 is 24.4 Å². The lowest BCUT2D eigenvalue weighted by molar-refractivity contribution is 0.0292. The van der Waals surface area contributed by atoms with Gasteiger partial charge in [0, 0.05) is 26.1 Å². The third kappa shape index (κ3) is 4.23. The van der Waals surface area contributed by atoms with Crippen LogP contribution >= 0.6 is 0 Å². The van der Waals surface area contributed by atoms with Crippen LogP contribution < -0.4 is 14.8 Å². The monoisotopic (exact) mass is 403 g/mol. The van der Waals surface area contributed by atoms with Crippen molar-refractivity contribution in [2.75, 3.05) is 39.7 Å². The maximum absolute atomic E-state index is 12.5. The standard InChI is InChI=1S/C20H29N5O4/c1-20(2,3)29-19(26)24-11-10-13(12-24)17-22-23-18(21-4)25(17)16-14(27-5)8-7-9-15(16)28-6/h7-9,13H,10-12H2,1-6H3,(H,21,23)/t13-/m1/s1. The molecular weight excluding hydrogens is 374 g/mol. The molecule has 9 heteroatoms. The average molecular weight is 403 g/mol. The molecule has 2 heterocycles. The number of para-hydroxylation sites is 1. The first-order valence-corrected chi connectivity index (χ1v) is 9.61. The van der Waals surface area contributed by atoms with Crippen molar-refractivity contribution in [1.29, 1.82) is 0 Å². The van der Waals surface area contributed by atoms with Gasteiger partial charge in [-0.1, -0.05) is 6.07 Å². The highest BCUT2D eigenvalue weighted by Crippen LogP contribution is 2.38. The summed E-state index contributed by atoms with van der Waals surface area (Å²) in [7, 11) is 5.01. The molecule has 1 fully saturated rings. The molecule has 1 aromatic carbocycles. The fourth-order valence-corrected chi connectivity index (χ4v) is 3.46. The van der Waals surface area contributed by atoms with Crippen molar-refractivity contribution in [3.8, 4) is 17.2 Å². The Hall–Kier alpha value is -2.97. The second kappa shape index (κ2) is 8.18. The number of nitrogens with one attached hydrogen (secondary N) is 1. The number of anilines is 1. The van der Waals surface area contributed by atoms with Gasteiger partial charge in [-0.05, 0) is 39.3 Å². The minimum absolute atomic E-state index is 0.00624. The summed E-state index contributed by atoms with van der Waals surface area (Å²) in [5.74, 6) is 2.60. The lowest BCUT2D eigenvalue weighted by Crippen LogP contribution is -2.35. The maximum atomic E-state index is 12.5. The average Bonchev–Trinajstić information content (AvgIpc) is 3.32. The normalized spacial score (nSPS) is 16.6. The number of carbonyl (C=O) groups is 1. The van der Waals surface area contributed by atoms with Crippen LogP contribution in [0.3, 0.4) is 0 Å². The fraction of sp³-hybridized carbons (Fsp3) is 0.550. The molecule has 1 aliphatic heterocycles. The van der Waals surface area contributed by atoms with Crippen LogP contribution in [0.2, 0.25) is 0 Å². The summed E-state index contributed by atoms with van der Waals surface area (Å²) in [5, 5.41) is 11.8. The summed E-state index contributed by atoms with van der Waals surface area (Å²) < 4.78 is 18.6. The minimum atomic E-state index is -0.529. The number of ether oxygens (including phenoxy) is 3. The van der Waals surface area contributed by atoms with E-state index >= 15 is 0 Å². The molecule has 1 aromatic heterocycles. The van der Waals surface area contributed by atoms with Crippen molar-refractivity contribution in [1.82, 2.24) is 19.7 Å². The molecule has 9 nitrogen and oxygen atoms in total. The molecule has 3 rings (SSSR count). The number of likely N-dealkylation sites (tertiary alicyclic amines) is 1. The van der Waals surface area contributed by atoms with Crippen LogP contribution in [0.25, 0.3) is 5.69 Å². The van der Waals surface area contributed by atoms with Crippen molar-refractivity contribution in [3.63, 3.8) is 0 Å².